The lowest BCUT2D eigenvalue weighted by Gasteiger charge is -2.07. The molecular formula is C14H17NO. The highest BCUT2D eigenvalue weighted by Gasteiger charge is 2.03. The predicted molar refractivity (Wildman–Crippen MR) is 67.7 cm³/mol. The van der Waals surface area contributed by atoms with Gasteiger partial charge in [-0.2, -0.15) is 0 Å². The highest BCUT2D eigenvalue weighted by Crippen LogP contribution is 2.14. The smallest absolute Gasteiger partial charge is 0.258 e. The van der Waals surface area contributed by atoms with Gasteiger partial charge in [-0.05, 0) is 35.4 Å². The number of nitrogens with zero attached hydrogens (tertiary/aromatic N) is 1. The Balaban J connectivity index is 2.60. The van der Waals surface area contributed by atoms with Gasteiger partial charge in [0, 0.05) is 18.6 Å². The number of hydrogen-bond donors (Lipinski definition) is 0. The Kier molecular flexibility index (Phi) is 2.82. The van der Waals surface area contributed by atoms with Crippen molar-refractivity contribution in [1.29, 1.82) is 0 Å². The van der Waals surface area contributed by atoms with Gasteiger partial charge in [-0.1, -0.05) is 26.0 Å². The fourth-order valence-corrected chi connectivity index (χ4v) is 1.98. The van der Waals surface area contributed by atoms with Gasteiger partial charge >= 0.3 is 0 Å². The van der Waals surface area contributed by atoms with Gasteiger partial charge in [0.15, 0.2) is 0 Å². The maximum Gasteiger partial charge on any atom is 0.258 e. The van der Waals surface area contributed by atoms with E-state index in [-0.39, 0.29) is 5.56 Å². The molecule has 2 rings (SSSR count). The lowest BCUT2D eigenvalue weighted by atomic mass is 10.0. The number of aryl methyl sites for hydroxylation is 1. The van der Waals surface area contributed by atoms with Crippen molar-refractivity contribution < 1.29 is 0 Å². The quantitative estimate of drug-likeness (QED) is 0.755. The molecule has 84 valence electrons. The van der Waals surface area contributed by atoms with Crippen molar-refractivity contribution in [3.05, 3.63) is 46.4 Å². The van der Waals surface area contributed by atoms with Crippen LogP contribution in [0.4, 0.5) is 0 Å². The zero-order valence-electron chi connectivity index (χ0n) is 10.0. The third-order valence-electron chi connectivity index (χ3n) is 2.79. The van der Waals surface area contributed by atoms with Gasteiger partial charge in [-0.15, -0.1) is 0 Å². The molecule has 0 radical (unpaired) electrons. The highest BCUT2D eigenvalue weighted by molar-refractivity contribution is 5.82. The minimum absolute atomic E-state index is 0.0862. The van der Waals surface area contributed by atoms with E-state index in [4.69, 9.17) is 0 Å². The topological polar surface area (TPSA) is 22.0 Å². The summed E-state index contributed by atoms with van der Waals surface area (Å²) < 4.78 is 1.63. The largest absolute Gasteiger partial charge is 0.318 e. The lowest BCUT2D eigenvalue weighted by molar-refractivity contribution is 0.647. The van der Waals surface area contributed by atoms with Gasteiger partial charge in [0.05, 0.1) is 0 Å². The Labute approximate surface area is 95.5 Å². The fourth-order valence-electron chi connectivity index (χ4n) is 1.98. The van der Waals surface area contributed by atoms with E-state index in [1.807, 2.05) is 24.4 Å². The summed E-state index contributed by atoms with van der Waals surface area (Å²) in [5.74, 6) is 0.616. The van der Waals surface area contributed by atoms with Gasteiger partial charge in [-0.3, -0.25) is 4.79 Å². The van der Waals surface area contributed by atoms with Crippen molar-refractivity contribution in [1.82, 2.24) is 4.57 Å². The number of hydrogen-bond acceptors (Lipinski definition) is 1. The molecule has 1 heterocycles. The van der Waals surface area contributed by atoms with Crippen molar-refractivity contribution in [3.8, 4) is 0 Å². The molecule has 1 aromatic carbocycles. The first-order valence-corrected chi connectivity index (χ1v) is 5.66. The van der Waals surface area contributed by atoms with Crippen molar-refractivity contribution in [2.45, 2.75) is 20.3 Å². The average Bonchev–Trinajstić information content (AvgIpc) is 2.23. The molecule has 16 heavy (non-hydrogen) atoms. The monoisotopic (exact) mass is 215 g/mol. The van der Waals surface area contributed by atoms with E-state index < -0.39 is 0 Å². The maximum atomic E-state index is 11.9. The average molecular weight is 215 g/mol. The number of fused-ring (bicyclic) bond motifs is 1. The van der Waals surface area contributed by atoms with Crippen molar-refractivity contribution in [2.24, 2.45) is 13.0 Å². The summed E-state index contributed by atoms with van der Waals surface area (Å²) in [6.45, 7) is 4.38. The third-order valence-corrected chi connectivity index (χ3v) is 2.79. The normalized spacial score (nSPS) is 11.2. The van der Waals surface area contributed by atoms with E-state index >= 15 is 0 Å². The molecule has 0 fully saturated rings. The van der Waals surface area contributed by atoms with Crippen LogP contribution in [0.25, 0.3) is 10.8 Å². The van der Waals surface area contributed by atoms with Crippen LogP contribution in [-0.4, -0.2) is 4.57 Å². The minimum atomic E-state index is 0.0862. The molecule has 0 spiro atoms. The van der Waals surface area contributed by atoms with Crippen LogP contribution in [0.3, 0.4) is 0 Å². The fraction of sp³-hybridized carbons (Fsp3) is 0.357. The molecule has 2 aromatic rings. The first kappa shape index (κ1) is 10.9. The van der Waals surface area contributed by atoms with Crippen LogP contribution < -0.4 is 5.56 Å². The van der Waals surface area contributed by atoms with Gasteiger partial charge in [-0.25, -0.2) is 0 Å². The summed E-state index contributed by atoms with van der Waals surface area (Å²) in [4.78, 5) is 11.9. The standard InChI is InChI=1S/C14H17NO/c1-10(2)8-11-4-5-12-6-7-15(3)14(16)13(12)9-11/h4-7,9-10H,8H2,1-3H3. The number of benzene rings is 1. The van der Waals surface area contributed by atoms with Gasteiger partial charge in [0.1, 0.15) is 0 Å². The van der Waals surface area contributed by atoms with Gasteiger partial charge < -0.3 is 4.57 Å². The molecule has 0 aliphatic carbocycles. The van der Waals surface area contributed by atoms with Crippen LogP contribution in [-0.2, 0) is 13.5 Å². The summed E-state index contributed by atoms with van der Waals surface area (Å²) in [7, 11) is 1.79. The second-order valence-electron chi connectivity index (χ2n) is 4.75. The third kappa shape index (κ3) is 2.01. The molecule has 0 atom stereocenters. The molecule has 1 aromatic heterocycles. The molecule has 2 nitrogen and oxygen atoms in total. The first-order valence-electron chi connectivity index (χ1n) is 5.66. The summed E-state index contributed by atoms with van der Waals surface area (Å²) in [6.07, 6.45) is 2.83. The summed E-state index contributed by atoms with van der Waals surface area (Å²) in [5.41, 5.74) is 1.33. The van der Waals surface area contributed by atoms with Crippen molar-refractivity contribution >= 4 is 10.8 Å². The molecule has 0 unspecified atom stereocenters. The molecule has 0 amide bonds. The molecule has 0 aliphatic rings. The van der Waals surface area contributed by atoms with Crippen LogP contribution in [0.5, 0.6) is 0 Å². The Bertz CT molecular complexity index is 566. The predicted octanol–water partition coefficient (Wildman–Crippen LogP) is 2.74. The Morgan fingerprint density at radius 1 is 1.25 bits per heavy atom. The van der Waals surface area contributed by atoms with Crippen LogP contribution in [0.15, 0.2) is 35.3 Å². The summed E-state index contributed by atoms with van der Waals surface area (Å²) in [5, 5.41) is 1.85. The van der Waals surface area contributed by atoms with Crippen molar-refractivity contribution in [2.75, 3.05) is 0 Å². The zero-order chi connectivity index (χ0) is 11.7. The molecule has 0 bridgehead atoms. The Morgan fingerprint density at radius 3 is 2.69 bits per heavy atom. The van der Waals surface area contributed by atoms with Crippen LogP contribution in [0.2, 0.25) is 0 Å². The van der Waals surface area contributed by atoms with E-state index in [9.17, 15) is 4.79 Å². The van der Waals surface area contributed by atoms with Crippen LogP contribution in [0, 0.1) is 5.92 Å². The molecule has 0 N–H and O–H groups in total. The van der Waals surface area contributed by atoms with E-state index in [2.05, 4.69) is 19.9 Å². The van der Waals surface area contributed by atoms with Crippen LogP contribution in [0.1, 0.15) is 19.4 Å². The highest BCUT2D eigenvalue weighted by atomic mass is 16.1. The Hall–Kier alpha value is -1.57. The van der Waals surface area contributed by atoms with E-state index in [1.54, 1.807) is 11.6 Å². The number of pyridine rings is 1. The first-order chi connectivity index (χ1) is 7.58. The van der Waals surface area contributed by atoms with Gasteiger partial charge in [0.2, 0.25) is 0 Å². The van der Waals surface area contributed by atoms with E-state index in [1.165, 1.54) is 5.56 Å². The molecule has 2 heteroatoms. The maximum absolute atomic E-state index is 11.9. The zero-order valence-corrected chi connectivity index (χ0v) is 10.0. The van der Waals surface area contributed by atoms with E-state index in [0.717, 1.165) is 17.2 Å². The minimum Gasteiger partial charge on any atom is -0.318 e. The molecule has 0 saturated carbocycles. The molecule has 0 aliphatic heterocycles. The summed E-state index contributed by atoms with van der Waals surface area (Å²) in [6, 6.07) is 8.16. The van der Waals surface area contributed by atoms with Crippen molar-refractivity contribution in [3.63, 3.8) is 0 Å². The number of aromatic nitrogens is 1. The second-order valence-corrected chi connectivity index (χ2v) is 4.75. The number of rotatable bonds is 2. The second kappa shape index (κ2) is 4.12. The SMILES string of the molecule is CC(C)Cc1ccc2ccn(C)c(=O)c2c1. The Morgan fingerprint density at radius 2 is 2.00 bits per heavy atom. The lowest BCUT2D eigenvalue weighted by Crippen LogP contribution is -2.15. The van der Waals surface area contributed by atoms with Crippen LogP contribution >= 0.6 is 0 Å². The van der Waals surface area contributed by atoms with Gasteiger partial charge in [0.25, 0.3) is 5.56 Å². The molecule has 0 saturated heterocycles. The summed E-state index contributed by atoms with van der Waals surface area (Å²) >= 11 is 0. The molecular weight excluding hydrogens is 198 g/mol. The van der Waals surface area contributed by atoms with E-state index in [0.29, 0.717) is 5.92 Å².